The smallest absolute Gasteiger partial charge is 0.298 e. The first-order chi connectivity index (χ1) is 20.1. The number of hydrogen-bond acceptors (Lipinski definition) is 2. The molecule has 2 aliphatic rings. The Morgan fingerprint density at radius 1 is 0.643 bits per heavy atom. The molecule has 5 rings (SSSR count). The van der Waals surface area contributed by atoms with Crippen LogP contribution in [-0.2, 0) is 18.8 Å². The highest BCUT2D eigenvalue weighted by atomic mass is 19.4. The number of alkyl halides is 6. The average molecular weight is 589 g/mol. The third kappa shape index (κ3) is 7.56. The van der Waals surface area contributed by atoms with Gasteiger partial charge in [-0.2, -0.15) is 26.3 Å². The number of rotatable bonds is 8. The van der Waals surface area contributed by atoms with Crippen LogP contribution in [0.2, 0.25) is 0 Å². The maximum absolute atomic E-state index is 13.6. The fourth-order valence-corrected chi connectivity index (χ4v) is 6.88. The average Bonchev–Trinajstić information content (AvgIpc) is 3.00. The van der Waals surface area contributed by atoms with Crippen LogP contribution < -0.4 is 0 Å². The Hall–Kier alpha value is -2.84. The Morgan fingerprint density at radius 2 is 1.14 bits per heavy atom. The highest BCUT2D eigenvalue weighted by molar-refractivity contribution is 5.36. The molecular weight excluding hydrogens is 550 g/mol. The Kier molecular flexibility index (Phi) is 9.63. The summed E-state index contributed by atoms with van der Waals surface area (Å²) in [6, 6.07) is 22.5. The van der Waals surface area contributed by atoms with Gasteiger partial charge in [-0.3, -0.25) is 9.80 Å². The lowest BCUT2D eigenvalue weighted by Crippen LogP contribution is -2.54. The molecule has 2 fully saturated rings. The lowest BCUT2D eigenvalue weighted by molar-refractivity contribution is -0.143. The second-order valence-corrected chi connectivity index (χ2v) is 11.7. The number of halogens is 6. The highest BCUT2D eigenvalue weighted by Crippen LogP contribution is 2.38. The summed E-state index contributed by atoms with van der Waals surface area (Å²) in [5.74, 6) is -0.0819. The largest absolute Gasteiger partial charge is 0.416 e. The molecule has 1 aliphatic heterocycles. The van der Waals surface area contributed by atoms with E-state index in [-0.39, 0.29) is 30.0 Å². The van der Waals surface area contributed by atoms with E-state index in [0.717, 1.165) is 49.4 Å². The highest BCUT2D eigenvalue weighted by Gasteiger charge is 2.38. The third-order valence-electron chi connectivity index (χ3n) is 8.99. The van der Waals surface area contributed by atoms with Gasteiger partial charge in [0.25, 0.3) is 0 Å². The fraction of sp³-hybridized carbons (Fsp3) is 0.471. The molecule has 0 N–H and O–H groups in total. The lowest BCUT2D eigenvalue weighted by Gasteiger charge is -2.45. The Labute approximate surface area is 244 Å². The number of hydrogen-bond donors (Lipinski definition) is 0. The second kappa shape index (κ2) is 13.2. The molecule has 0 spiro atoms. The fourth-order valence-electron chi connectivity index (χ4n) is 6.88. The molecule has 0 bridgehead atoms. The minimum atomic E-state index is -4.86. The van der Waals surface area contributed by atoms with Crippen molar-refractivity contribution in [2.75, 3.05) is 26.2 Å². The van der Waals surface area contributed by atoms with Crippen molar-refractivity contribution in [3.63, 3.8) is 0 Å². The van der Waals surface area contributed by atoms with Crippen molar-refractivity contribution in [3.05, 3.63) is 107 Å². The summed E-state index contributed by atoms with van der Waals surface area (Å²) in [6.45, 7) is 3.46. The first kappa shape index (κ1) is 30.6. The minimum absolute atomic E-state index is 0.0582. The van der Waals surface area contributed by atoms with E-state index in [2.05, 4.69) is 34.1 Å². The number of nitrogens with zero attached hydrogens (tertiary/aromatic N) is 2. The molecule has 1 saturated heterocycles. The SMILES string of the molecule is FC(F)(F)c1cc(CCC(C(c2ccccc2)c2ccccc2)N2CCN(C3CCCCC3)CC2)cc(C(F)(F)F)c1. The number of aryl methyl sites for hydroxylation is 1. The van der Waals surface area contributed by atoms with Crippen molar-refractivity contribution in [2.45, 2.75) is 75.3 Å². The molecule has 0 aromatic heterocycles. The van der Waals surface area contributed by atoms with Crippen LogP contribution in [-0.4, -0.2) is 48.1 Å². The predicted molar refractivity (Wildman–Crippen MR) is 153 cm³/mol. The molecule has 2 nitrogen and oxygen atoms in total. The van der Waals surface area contributed by atoms with Crippen molar-refractivity contribution in [2.24, 2.45) is 0 Å². The van der Waals surface area contributed by atoms with E-state index in [4.69, 9.17) is 0 Å². The Bertz CT molecular complexity index is 1190. The van der Waals surface area contributed by atoms with Crippen molar-refractivity contribution >= 4 is 0 Å². The van der Waals surface area contributed by atoms with Crippen molar-refractivity contribution < 1.29 is 26.3 Å². The van der Waals surface area contributed by atoms with E-state index < -0.39 is 23.5 Å². The number of piperazine rings is 1. The first-order valence-corrected chi connectivity index (χ1v) is 15.0. The summed E-state index contributed by atoms with van der Waals surface area (Å²) in [7, 11) is 0. The van der Waals surface area contributed by atoms with Crippen LogP contribution in [0.1, 0.15) is 72.3 Å². The zero-order valence-electron chi connectivity index (χ0n) is 23.7. The Balaban J connectivity index is 1.46. The number of benzene rings is 3. The molecule has 1 saturated carbocycles. The van der Waals surface area contributed by atoms with Crippen LogP contribution >= 0.6 is 0 Å². The van der Waals surface area contributed by atoms with Gasteiger partial charge in [0.15, 0.2) is 0 Å². The van der Waals surface area contributed by atoms with Crippen LogP contribution in [0.5, 0.6) is 0 Å². The molecule has 8 heteroatoms. The molecule has 1 aliphatic carbocycles. The molecule has 1 unspecified atom stereocenters. The van der Waals surface area contributed by atoms with E-state index in [1.807, 2.05) is 36.4 Å². The van der Waals surface area contributed by atoms with Crippen LogP contribution in [0.15, 0.2) is 78.9 Å². The quantitative estimate of drug-likeness (QED) is 0.243. The molecule has 1 heterocycles. The van der Waals surface area contributed by atoms with Gasteiger partial charge in [0.05, 0.1) is 11.1 Å². The predicted octanol–water partition coefficient (Wildman–Crippen LogP) is 8.81. The summed E-state index contributed by atoms with van der Waals surface area (Å²) >= 11 is 0. The summed E-state index contributed by atoms with van der Waals surface area (Å²) in [6.07, 6.45) is -2.94. The van der Waals surface area contributed by atoms with E-state index >= 15 is 0 Å². The molecular formula is C34H38F6N2. The van der Waals surface area contributed by atoms with E-state index in [1.165, 1.54) is 32.1 Å². The van der Waals surface area contributed by atoms with Gasteiger partial charge in [-0.1, -0.05) is 79.9 Å². The van der Waals surface area contributed by atoms with Crippen LogP contribution in [0.4, 0.5) is 26.3 Å². The normalized spacial score (nSPS) is 18.8. The maximum atomic E-state index is 13.6. The van der Waals surface area contributed by atoms with Gasteiger partial charge in [-0.25, -0.2) is 0 Å². The van der Waals surface area contributed by atoms with Crippen molar-refractivity contribution in [1.29, 1.82) is 0 Å². The zero-order chi connectivity index (χ0) is 29.7. The monoisotopic (exact) mass is 588 g/mol. The molecule has 3 aromatic carbocycles. The third-order valence-corrected chi connectivity index (χ3v) is 8.99. The minimum Gasteiger partial charge on any atom is -0.298 e. The summed E-state index contributed by atoms with van der Waals surface area (Å²) in [5.41, 5.74) is -0.282. The van der Waals surface area contributed by atoms with Gasteiger partial charge in [-0.15, -0.1) is 0 Å². The molecule has 226 valence electrons. The zero-order valence-corrected chi connectivity index (χ0v) is 23.7. The van der Waals surface area contributed by atoms with Gasteiger partial charge in [0.2, 0.25) is 0 Å². The van der Waals surface area contributed by atoms with Gasteiger partial charge in [-0.05, 0) is 60.6 Å². The summed E-state index contributed by atoms with van der Waals surface area (Å²) < 4.78 is 81.6. The lowest BCUT2D eigenvalue weighted by atomic mass is 9.81. The van der Waals surface area contributed by atoms with Crippen molar-refractivity contribution in [3.8, 4) is 0 Å². The van der Waals surface area contributed by atoms with Crippen LogP contribution in [0, 0.1) is 0 Å². The van der Waals surface area contributed by atoms with Crippen molar-refractivity contribution in [1.82, 2.24) is 9.80 Å². The van der Waals surface area contributed by atoms with Gasteiger partial charge >= 0.3 is 12.4 Å². The van der Waals surface area contributed by atoms with Gasteiger partial charge in [0, 0.05) is 44.2 Å². The van der Waals surface area contributed by atoms with E-state index in [9.17, 15) is 26.3 Å². The molecule has 3 aromatic rings. The maximum Gasteiger partial charge on any atom is 0.416 e. The Morgan fingerprint density at radius 3 is 1.62 bits per heavy atom. The first-order valence-electron chi connectivity index (χ1n) is 15.0. The molecule has 0 radical (unpaired) electrons. The summed E-state index contributed by atoms with van der Waals surface area (Å²) in [5, 5.41) is 0. The van der Waals surface area contributed by atoms with Gasteiger partial charge < -0.3 is 0 Å². The summed E-state index contributed by atoms with van der Waals surface area (Å²) in [4.78, 5) is 5.00. The van der Waals surface area contributed by atoms with E-state index in [1.54, 1.807) is 0 Å². The molecule has 42 heavy (non-hydrogen) atoms. The van der Waals surface area contributed by atoms with Gasteiger partial charge in [0.1, 0.15) is 0 Å². The van der Waals surface area contributed by atoms with Crippen LogP contribution in [0.3, 0.4) is 0 Å². The second-order valence-electron chi connectivity index (χ2n) is 11.7. The topological polar surface area (TPSA) is 6.48 Å². The molecule has 1 atom stereocenters. The molecule has 0 amide bonds. The van der Waals surface area contributed by atoms with E-state index in [0.29, 0.717) is 12.5 Å². The van der Waals surface area contributed by atoms with Crippen LogP contribution in [0.25, 0.3) is 0 Å². The standard InChI is InChI=1S/C34H38F6N2/c35-33(36,37)28-22-25(23-29(24-28)34(38,39)40)16-17-31(42-20-18-41(19-21-42)30-14-8-3-9-15-30)32(26-10-4-1-5-11-26)27-12-6-2-7-13-27/h1-2,4-7,10-13,22-24,30-32H,3,8-9,14-21H2.